The number of urea groups is 1. The van der Waals surface area contributed by atoms with Crippen LogP contribution in [0.1, 0.15) is 46.2 Å². The predicted octanol–water partition coefficient (Wildman–Crippen LogP) is 3.87. The molecule has 0 bridgehead atoms. The van der Waals surface area contributed by atoms with Crippen LogP contribution < -0.4 is 10.6 Å². The molecule has 21 heavy (non-hydrogen) atoms. The standard InChI is InChI=1S/C17H29N3O/c1-12(18-6)14-9-8-10-15(11-14)19-16(21)20(7)13(2)17(3,4)5/h8-13,18H,1-7H3,(H,19,21). The van der Waals surface area contributed by atoms with Crippen molar-refractivity contribution in [2.45, 2.75) is 46.7 Å². The predicted molar refractivity (Wildman–Crippen MR) is 89.6 cm³/mol. The summed E-state index contributed by atoms with van der Waals surface area (Å²) in [7, 11) is 3.76. The van der Waals surface area contributed by atoms with E-state index in [9.17, 15) is 4.79 Å². The van der Waals surface area contributed by atoms with Gasteiger partial charge in [0.2, 0.25) is 0 Å². The summed E-state index contributed by atoms with van der Waals surface area (Å²) in [6.07, 6.45) is 0. The normalized spacial score (nSPS) is 14.4. The first-order chi connectivity index (χ1) is 9.66. The van der Waals surface area contributed by atoms with E-state index in [-0.39, 0.29) is 23.5 Å². The molecule has 118 valence electrons. The zero-order valence-electron chi connectivity index (χ0n) is 14.3. The van der Waals surface area contributed by atoms with Crippen LogP contribution in [0.2, 0.25) is 0 Å². The van der Waals surface area contributed by atoms with Gasteiger partial charge in [-0.25, -0.2) is 4.79 Å². The molecule has 0 aliphatic heterocycles. The molecule has 2 unspecified atom stereocenters. The average molecular weight is 291 g/mol. The largest absolute Gasteiger partial charge is 0.324 e. The van der Waals surface area contributed by atoms with Crippen molar-refractivity contribution >= 4 is 11.7 Å². The number of nitrogens with zero attached hydrogens (tertiary/aromatic N) is 1. The summed E-state index contributed by atoms with van der Waals surface area (Å²) in [5, 5.41) is 6.17. The van der Waals surface area contributed by atoms with E-state index in [1.165, 1.54) is 0 Å². The van der Waals surface area contributed by atoms with E-state index < -0.39 is 0 Å². The quantitative estimate of drug-likeness (QED) is 0.884. The molecule has 0 saturated heterocycles. The minimum absolute atomic E-state index is 0.0502. The highest BCUT2D eigenvalue weighted by atomic mass is 16.2. The Hall–Kier alpha value is -1.55. The molecule has 2 N–H and O–H groups in total. The van der Waals surface area contributed by atoms with Crippen molar-refractivity contribution in [3.05, 3.63) is 29.8 Å². The molecule has 0 aliphatic rings. The number of carbonyl (C=O) groups excluding carboxylic acids is 1. The van der Waals surface area contributed by atoms with Gasteiger partial charge >= 0.3 is 6.03 Å². The maximum absolute atomic E-state index is 12.4. The van der Waals surface area contributed by atoms with Gasteiger partial charge in [0.25, 0.3) is 0 Å². The van der Waals surface area contributed by atoms with E-state index in [1.54, 1.807) is 4.90 Å². The van der Waals surface area contributed by atoms with Crippen molar-refractivity contribution in [3.63, 3.8) is 0 Å². The van der Waals surface area contributed by atoms with Crippen LogP contribution in [-0.2, 0) is 0 Å². The van der Waals surface area contributed by atoms with E-state index in [2.05, 4.69) is 51.3 Å². The fourth-order valence-electron chi connectivity index (χ4n) is 2.02. The first-order valence-electron chi connectivity index (χ1n) is 7.48. The number of hydrogen-bond donors (Lipinski definition) is 2. The summed E-state index contributed by atoms with van der Waals surface area (Å²) in [4.78, 5) is 14.1. The number of anilines is 1. The van der Waals surface area contributed by atoms with Crippen LogP contribution >= 0.6 is 0 Å². The third-order valence-corrected chi connectivity index (χ3v) is 4.23. The van der Waals surface area contributed by atoms with E-state index in [4.69, 9.17) is 0 Å². The van der Waals surface area contributed by atoms with Crippen molar-refractivity contribution in [2.24, 2.45) is 5.41 Å². The fourth-order valence-corrected chi connectivity index (χ4v) is 2.02. The Labute approximate surface area is 128 Å². The molecule has 0 saturated carbocycles. The van der Waals surface area contributed by atoms with E-state index in [0.29, 0.717) is 0 Å². The van der Waals surface area contributed by atoms with Crippen LogP contribution in [0.15, 0.2) is 24.3 Å². The molecule has 2 atom stereocenters. The van der Waals surface area contributed by atoms with Gasteiger partial charge in [-0.2, -0.15) is 0 Å². The Morgan fingerprint density at radius 2 is 1.86 bits per heavy atom. The summed E-state index contributed by atoms with van der Waals surface area (Å²) in [6.45, 7) is 10.6. The number of nitrogens with one attached hydrogen (secondary N) is 2. The van der Waals surface area contributed by atoms with Gasteiger partial charge in [-0.3, -0.25) is 0 Å². The number of rotatable bonds is 4. The number of benzene rings is 1. The Kier molecular flexibility index (Phi) is 5.78. The minimum atomic E-state index is -0.0771. The third kappa shape index (κ3) is 4.74. The van der Waals surface area contributed by atoms with Gasteiger partial charge in [-0.15, -0.1) is 0 Å². The topological polar surface area (TPSA) is 44.4 Å². The number of amides is 2. The van der Waals surface area contributed by atoms with Gasteiger partial charge in [0.1, 0.15) is 0 Å². The third-order valence-electron chi connectivity index (χ3n) is 4.23. The van der Waals surface area contributed by atoms with E-state index in [0.717, 1.165) is 11.3 Å². The van der Waals surface area contributed by atoms with Crippen LogP contribution in [-0.4, -0.2) is 31.1 Å². The monoisotopic (exact) mass is 291 g/mol. The first-order valence-corrected chi connectivity index (χ1v) is 7.48. The molecule has 4 heteroatoms. The van der Waals surface area contributed by atoms with Gasteiger partial charge in [0.15, 0.2) is 0 Å². The molecule has 0 fully saturated rings. The van der Waals surface area contributed by atoms with Crippen molar-refractivity contribution in [1.29, 1.82) is 0 Å². The first kappa shape index (κ1) is 17.5. The maximum atomic E-state index is 12.4. The second kappa shape index (κ2) is 6.94. The van der Waals surface area contributed by atoms with Crippen molar-refractivity contribution in [1.82, 2.24) is 10.2 Å². The lowest BCUT2D eigenvalue weighted by molar-refractivity contribution is 0.156. The highest BCUT2D eigenvalue weighted by molar-refractivity contribution is 5.89. The Morgan fingerprint density at radius 3 is 2.38 bits per heavy atom. The molecule has 0 radical (unpaired) electrons. The molecular weight excluding hydrogens is 262 g/mol. The molecule has 0 aliphatic carbocycles. The number of hydrogen-bond acceptors (Lipinski definition) is 2. The molecule has 4 nitrogen and oxygen atoms in total. The van der Waals surface area contributed by atoms with Crippen LogP contribution in [0.25, 0.3) is 0 Å². The highest BCUT2D eigenvalue weighted by Crippen LogP contribution is 2.24. The Bertz CT molecular complexity index is 479. The van der Waals surface area contributed by atoms with Crippen LogP contribution in [0.4, 0.5) is 10.5 Å². The molecule has 1 aromatic carbocycles. The molecule has 1 rings (SSSR count). The smallest absolute Gasteiger partial charge is 0.321 e. The average Bonchev–Trinajstić information content (AvgIpc) is 2.44. The fraction of sp³-hybridized carbons (Fsp3) is 0.588. The lowest BCUT2D eigenvalue weighted by Crippen LogP contribution is -2.44. The minimum Gasteiger partial charge on any atom is -0.324 e. The second-order valence-corrected chi connectivity index (χ2v) is 6.72. The molecule has 2 amide bonds. The van der Waals surface area contributed by atoms with Crippen LogP contribution in [0.5, 0.6) is 0 Å². The van der Waals surface area contributed by atoms with Gasteiger partial charge in [-0.1, -0.05) is 32.9 Å². The summed E-state index contributed by atoms with van der Waals surface area (Å²) in [5.41, 5.74) is 2.03. The Balaban J connectivity index is 2.79. The van der Waals surface area contributed by atoms with E-state index >= 15 is 0 Å². The summed E-state index contributed by atoms with van der Waals surface area (Å²) in [6, 6.07) is 8.27. The van der Waals surface area contributed by atoms with Gasteiger partial charge in [0.05, 0.1) is 0 Å². The summed E-state index contributed by atoms with van der Waals surface area (Å²) < 4.78 is 0. The van der Waals surface area contributed by atoms with Gasteiger partial charge in [0, 0.05) is 24.8 Å². The second-order valence-electron chi connectivity index (χ2n) is 6.72. The zero-order chi connectivity index (χ0) is 16.2. The van der Waals surface area contributed by atoms with E-state index in [1.807, 2.05) is 32.3 Å². The lowest BCUT2D eigenvalue weighted by Gasteiger charge is -2.35. The SMILES string of the molecule is CNC(C)c1cccc(NC(=O)N(C)C(C)C(C)(C)C)c1. The number of carbonyl (C=O) groups is 1. The lowest BCUT2D eigenvalue weighted by atomic mass is 9.87. The van der Waals surface area contributed by atoms with Gasteiger partial charge in [-0.05, 0) is 44.0 Å². The highest BCUT2D eigenvalue weighted by Gasteiger charge is 2.27. The molecule has 0 aromatic heterocycles. The van der Waals surface area contributed by atoms with Crippen LogP contribution in [0.3, 0.4) is 0 Å². The molecular formula is C17H29N3O. The van der Waals surface area contributed by atoms with Crippen molar-refractivity contribution in [2.75, 3.05) is 19.4 Å². The van der Waals surface area contributed by atoms with Gasteiger partial charge < -0.3 is 15.5 Å². The Morgan fingerprint density at radius 1 is 1.24 bits per heavy atom. The van der Waals surface area contributed by atoms with Crippen LogP contribution in [0, 0.1) is 5.41 Å². The molecule has 0 heterocycles. The zero-order valence-corrected chi connectivity index (χ0v) is 14.3. The van der Waals surface area contributed by atoms with Crippen molar-refractivity contribution in [3.8, 4) is 0 Å². The maximum Gasteiger partial charge on any atom is 0.321 e. The molecule has 1 aromatic rings. The summed E-state index contributed by atoms with van der Waals surface area (Å²) >= 11 is 0. The summed E-state index contributed by atoms with van der Waals surface area (Å²) in [5.74, 6) is 0. The molecule has 0 spiro atoms. The van der Waals surface area contributed by atoms with Crippen molar-refractivity contribution < 1.29 is 4.79 Å².